The van der Waals surface area contributed by atoms with E-state index in [1.807, 2.05) is 6.07 Å². The van der Waals surface area contributed by atoms with Crippen molar-refractivity contribution in [3.8, 4) is 5.75 Å². The normalized spacial score (nSPS) is 11.6. The highest BCUT2D eigenvalue weighted by Gasteiger charge is 2.28. The van der Waals surface area contributed by atoms with Crippen LogP contribution in [0.5, 0.6) is 5.75 Å². The van der Waals surface area contributed by atoms with Gasteiger partial charge in [-0.15, -0.1) is 0 Å². The SMILES string of the molecule is Cn1nccc1CCOc1ccccc1[B-](F)(F)F. The Bertz CT molecular complexity index is 554. The number of rotatable bonds is 5. The van der Waals surface area contributed by atoms with Crippen molar-refractivity contribution >= 4 is 12.4 Å². The first-order valence-electron chi connectivity index (χ1n) is 5.87. The van der Waals surface area contributed by atoms with Crippen molar-refractivity contribution in [3.63, 3.8) is 0 Å². The molecule has 0 N–H and O–H groups in total. The zero-order valence-corrected chi connectivity index (χ0v) is 10.4. The summed E-state index contributed by atoms with van der Waals surface area (Å²) in [5.74, 6) is -0.114. The largest absolute Gasteiger partial charge is 0.513 e. The smallest absolute Gasteiger partial charge is 0.496 e. The summed E-state index contributed by atoms with van der Waals surface area (Å²) in [6.45, 7) is -4.87. The predicted octanol–water partition coefficient (Wildman–Crippen LogP) is 2.10. The number of halogens is 3. The molecule has 0 spiro atoms. The Morgan fingerprint density at radius 1 is 1.21 bits per heavy atom. The Morgan fingerprint density at radius 2 is 1.95 bits per heavy atom. The first kappa shape index (κ1) is 13.5. The van der Waals surface area contributed by atoms with Crippen LogP contribution in [-0.4, -0.2) is 23.4 Å². The summed E-state index contributed by atoms with van der Waals surface area (Å²) >= 11 is 0. The number of aryl methyl sites for hydroxylation is 1. The molecule has 0 aliphatic carbocycles. The van der Waals surface area contributed by atoms with Crippen molar-refractivity contribution < 1.29 is 17.7 Å². The molecule has 102 valence electrons. The fourth-order valence-corrected chi connectivity index (χ4v) is 1.79. The van der Waals surface area contributed by atoms with E-state index < -0.39 is 12.4 Å². The summed E-state index contributed by atoms with van der Waals surface area (Å²) in [6, 6.07) is 7.08. The van der Waals surface area contributed by atoms with Gasteiger partial charge >= 0.3 is 6.98 Å². The highest BCUT2D eigenvalue weighted by Crippen LogP contribution is 2.17. The third-order valence-corrected chi connectivity index (χ3v) is 2.81. The molecule has 0 bridgehead atoms. The lowest BCUT2D eigenvalue weighted by atomic mass is 9.79. The lowest BCUT2D eigenvalue weighted by molar-refractivity contribution is 0.319. The van der Waals surface area contributed by atoms with Crippen LogP contribution in [0.4, 0.5) is 12.9 Å². The number of aromatic nitrogens is 2. The molecule has 0 amide bonds. The topological polar surface area (TPSA) is 27.1 Å². The molecule has 1 heterocycles. The Morgan fingerprint density at radius 3 is 2.58 bits per heavy atom. The van der Waals surface area contributed by atoms with E-state index in [1.54, 1.807) is 17.9 Å². The average molecular weight is 269 g/mol. The Labute approximate surface area is 109 Å². The number of ether oxygens (including phenoxy) is 1. The molecule has 0 atom stereocenters. The van der Waals surface area contributed by atoms with Crippen molar-refractivity contribution in [2.24, 2.45) is 7.05 Å². The summed E-state index contributed by atoms with van der Waals surface area (Å²) < 4.78 is 45.3. The van der Waals surface area contributed by atoms with Gasteiger partial charge in [0.15, 0.2) is 0 Å². The van der Waals surface area contributed by atoms with Crippen molar-refractivity contribution in [2.45, 2.75) is 6.42 Å². The minimum absolute atomic E-state index is 0.114. The Balaban J connectivity index is 2.02. The van der Waals surface area contributed by atoms with E-state index in [-0.39, 0.29) is 12.4 Å². The summed E-state index contributed by atoms with van der Waals surface area (Å²) in [4.78, 5) is 0. The van der Waals surface area contributed by atoms with Gasteiger partial charge in [-0.3, -0.25) is 4.68 Å². The molecule has 3 nitrogen and oxygen atoms in total. The lowest BCUT2D eigenvalue weighted by Gasteiger charge is -2.19. The van der Waals surface area contributed by atoms with E-state index >= 15 is 0 Å². The summed E-state index contributed by atoms with van der Waals surface area (Å²) in [7, 11) is 1.78. The van der Waals surface area contributed by atoms with E-state index in [9.17, 15) is 12.9 Å². The van der Waals surface area contributed by atoms with Gasteiger partial charge in [-0.1, -0.05) is 23.7 Å². The second-order valence-electron chi connectivity index (χ2n) is 4.16. The fourth-order valence-electron chi connectivity index (χ4n) is 1.79. The maximum atomic E-state index is 12.8. The van der Waals surface area contributed by atoms with Crippen LogP contribution in [0.25, 0.3) is 0 Å². The van der Waals surface area contributed by atoms with Crippen LogP contribution < -0.4 is 10.2 Å². The Hall–Kier alpha value is -1.92. The van der Waals surface area contributed by atoms with Crippen LogP contribution in [0.3, 0.4) is 0 Å². The van der Waals surface area contributed by atoms with Crippen LogP contribution in [0.2, 0.25) is 0 Å². The zero-order valence-electron chi connectivity index (χ0n) is 10.4. The molecule has 0 fully saturated rings. The number of benzene rings is 1. The lowest BCUT2D eigenvalue weighted by Crippen LogP contribution is -2.35. The van der Waals surface area contributed by atoms with Gasteiger partial charge in [0.05, 0.1) is 12.4 Å². The molecular formula is C12H13BF3N2O-. The standard InChI is InChI=1S/C12H13BF3N2O/c1-18-10(6-8-17-18)7-9-19-12-5-3-2-4-11(12)13(14,15)16/h2-6,8H,7,9H2,1H3/q-1. The number of nitrogens with zero attached hydrogens (tertiary/aromatic N) is 2. The molecule has 2 rings (SSSR count). The van der Waals surface area contributed by atoms with Gasteiger partial charge in [0.2, 0.25) is 0 Å². The quantitative estimate of drug-likeness (QED) is 0.777. The van der Waals surface area contributed by atoms with Crippen molar-refractivity contribution in [3.05, 3.63) is 42.2 Å². The Kier molecular flexibility index (Phi) is 3.83. The highest BCUT2D eigenvalue weighted by atomic mass is 19.4. The first-order valence-corrected chi connectivity index (χ1v) is 5.87. The monoisotopic (exact) mass is 269 g/mol. The summed E-state index contributed by atoms with van der Waals surface area (Å²) in [5, 5.41) is 3.98. The van der Waals surface area contributed by atoms with E-state index in [0.717, 1.165) is 11.8 Å². The van der Waals surface area contributed by atoms with Crippen LogP contribution in [-0.2, 0) is 13.5 Å². The van der Waals surface area contributed by atoms with Gasteiger partial charge in [0, 0.05) is 25.4 Å². The van der Waals surface area contributed by atoms with E-state index in [2.05, 4.69) is 5.10 Å². The second-order valence-corrected chi connectivity index (χ2v) is 4.16. The summed E-state index contributed by atoms with van der Waals surface area (Å²) in [6.07, 6.45) is 2.15. The number of hydrogen-bond acceptors (Lipinski definition) is 2. The van der Waals surface area contributed by atoms with Crippen LogP contribution >= 0.6 is 0 Å². The highest BCUT2D eigenvalue weighted by molar-refractivity contribution is 6.74. The number of para-hydroxylation sites is 1. The molecule has 1 aromatic heterocycles. The molecule has 1 aromatic carbocycles. The maximum absolute atomic E-state index is 12.8. The van der Waals surface area contributed by atoms with E-state index in [4.69, 9.17) is 4.74 Å². The van der Waals surface area contributed by atoms with Gasteiger partial charge in [-0.2, -0.15) is 5.10 Å². The molecule has 7 heteroatoms. The van der Waals surface area contributed by atoms with Crippen LogP contribution in [0.15, 0.2) is 36.5 Å². The first-order chi connectivity index (χ1) is 8.98. The number of hydrogen-bond donors (Lipinski definition) is 0. The third-order valence-electron chi connectivity index (χ3n) is 2.81. The second kappa shape index (κ2) is 5.38. The van der Waals surface area contributed by atoms with Crippen molar-refractivity contribution in [1.29, 1.82) is 0 Å². The van der Waals surface area contributed by atoms with Gasteiger partial charge in [-0.25, -0.2) is 0 Å². The predicted molar refractivity (Wildman–Crippen MR) is 67.6 cm³/mol. The fraction of sp³-hybridized carbons (Fsp3) is 0.250. The third kappa shape index (κ3) is 3.30. The van der Waals surface area contributed by atoms with Crippen LogP contribution in [0, 0.1) is 0 Å². The van der Waals surface area contributed by atoms with Crippen LogP contribution in [0.1, 0.15) is 5.69 Å². The van der Waals surface area contributed by atoms with Gasteiger partial charge < -0.3 is 17.7 Å². The molecule has 0 aliphatic heterocycles. The van der Waals surface area contributed by atoms with E-state index in [1.165, 1.54) is 18.2 Å². The summed E-state index contributed by atoms with van der Waals surface area (Å²) in [5.41, 5.74) is 0.225. The molecule has 0 saturated carbocycles. The van der Waals surface area contributed by atoms with E-state index in [0.29, 0.717) is 6.42 Å². The molecule has 0 radical (unpaired) electrons. The van der Waals surface area contributed by atoms with Crippen molar-refractivity contribution in [1.82, 2.24) is 9.78 Å². The molecule has 0 saturated heterocycles. The molecule has 2 aromatic rings. The molecule has 19 heavy (non-hydrogen) atoms. The maximum Gasteiger partial charge on any atom is 0.513 e. The minimum Gasteiger partial charge on any atom is -0.496 e. The molecular weight excluding hydrogens is 256 g/mol. The minimum atomic E-state index is -5.05. The van der Waals surface area contributed by atoms with Gasteiger partial charge in [0.25, 0.3) is 0 Å². The molecule has 0 aliphatic rings. The zero-order chi connectivity index (χ0) is 13.9. The molecule has 0 unspecified atom stereocenters. The average Bonchev–Trinajstić information content (AvgIpc) is 2.75. The van der Waals surface area contributed by atoms with Crippen molar-refractivity contribution in [2.75, 3.05) is 6.61 Å². The van der Waals surface area contributed by atoms with Gasteiger partial charge in [0.1, 0.15) is 0 Å². The van der Waals surface area contributed by atoms with Gasteiger partial charge in [-0.05, 0) is 12.1 Å².